The number of carbonyl (C=O) groups excluding carboxylic acids is 1. The molecule has 4 aromatic rings. The molecule has 5 rings (SSSR count). The zero-order valence-electron chi connectivity index (χ0n) is 21.9. The van der Waals surface area contributed by atoms with Gasteiger partial charge in [0.15, 0.2) is 0 Å². The number of aryl methyl sites for hydroxylation is 1. The Morgan fingerprint density at radius 1 is 1.08 bits per heavy atom. The van der Waals surface area contributed by atoms with Crippen LogP contribution in [0.15, 0.2) is 88.8 Å². The molecule has 190 valence electrons. The predicted octanol–water partition coefficient (Wildman–Crippen LogP) is 5.79. The SMILES string of the molecule is Cc1ccc(COc2cc3ccccc3cc2C=C2SC(Nc3cc[c]([Na])cc3C(C)C(=O)O)=NC2=O)cc1. The molecular formula is C31H25N2NaO4S. The molecule has 0 fully saturated rings. The van der Waals surface area contributed by atoms with Crippen LogP contribution in [0.25, 0.3) is 16.8 Å². The smallest absolute Gasteiger partial charge is 0.0554 e. The van der Waals surface area contributed by atoms with Crippen LogP contribution >= 0.6 is 11.8 Å². The number of carboxylic acid groups (broad SMARTS) is 1. The molecule has 1 atom stereocenters. The van der Waals surface area contributed by atoms with Crippen LogP contribution in [-0.2, 0) is 16.2 Å². The van der Waals surface area contributed by atoms with Crippen LogP contribution in [0.5, 0.6) is 5.75 Å². The van der Waals surface area contributed by atoms with Gasteiger partial charge in [-0.3, -0.25) is 0 Å². The Morgan fingerprint density at radius 3 is 2.51 bits per heavy atom. The van der Waals surface area contributed by atoms with Gasteiger partial charge < -0.3 is 0 Å². The van der Waals surface area contributed by atoms with Crippen LogP contribution in [0.1, 0.15) is 35.1 Å². The molecule has 0 saturated heterocycles. The van der Waals surface area contributed by atoms with Gasteiger partial charge in [0, 0.05) is 0 Å². The van der Waals surface area contributed by atoms with Crippen LogP contribution in [0, 0.1) is 6.92 Å². The molecule has 0 aromatic heterocycles. The fourth-order valence-corrected chi connectivity index (χ4v) is 5.62. The van der Waals surface area contributed by atoms with Crippen molar-refractivity contribution in [1.29, 1.82) is 0 Å². The van der Waals surface area contributed by atoms with Crippen LogP contribution < -0.4 is 12.9 Å². The van der Waals surface area contributed by atoms with Crippen LogP contribution in [0.2, 0.25) is 0 Å². The fourth-order valence-electron chi connectivity index (χ4n) is 4.33. The van der Waals surface area contributed by atoms with Gasteiger partial charge in [0.1, 0.15) is 6.61 Å². The number of amidine groups is 1. The molecular weight excluding hydrogens is 519 g/mol. The summed E-state index contributed by atoms with van der Waals surface area (Å²) in [7, 11) is 0. The summed E-state index contributed by atoms with van der Waals surface area (Å²) in [6, 6.07) is 25.9. The standard InChI is InChI=1S/C31H25N2O4S.Na/c1-19-11-13-21(14-12-19)18-37-27-16-23-8-4-3-7-22(23)15-24(27)17-28-29(34)33-31(38-28)32-26-10-6-5-9-25(26)20(2)30(35)36;/h3-4,6-17,20H,18H2,1-2H3,(H,35,36)(H,32,33,34);. The Labute approximate surface area is 248 Å². The maximum absolute atomic E-state index is 12.9. The Hall–Kier alpha value is -3.36. The van der Waals surface area contributed by atoms with Crippen LogP contribution in [0.4, 0.5) is 5.69 Å². The quantitative estimate of drug-likeness (QED) is 0.226. The topological polar surface area (TPSA) is 88.0 Å². The Balaban J connectivity index is 1.42. The number of anilines is 1. The minimum Gasteiger partial charge on any atom is -0.0589 e. The van der Waals surface area contributed by atoms with E-state index in [-0.39, 0.29) is 5.91 Å². The summed E-state index contributed by atoms with van der Waals surface area (Å²) in [6.45, 7) is 4.11. The number of fused-ring (bicyclic) bond motifs is 1. The number of carbonyl (C=O) groups is 2. The summed E-state index contributed by atoms with van der Waals surface area (Å²) in [5.74, 6) is -1.27. The number of thioether (sulfide) groups is 1. The number of ether oxygens (including phenoxy) is 1. The summed E-state index contributed by atoms with van der Waals surface area (Å²) < 4.78 is 7.34. The summed E-state index contributed by atoms with van der Waals surface area (Å²) in [5.41, 5.74) is 4.34. The van der Waals surface area contributed by atoms with Gasteiger partial charge in [0.2, 0.25) is 0 Å². The van der Waals surface area contributed by atoms with E-state index < -0.39 is 11.9 Å². The third kappa shape index (κ3) is 6.45. The summed E-state index contributed by atoms with van der Waals surface area (Å²) in [6.07, 6.45) is 1.81. The first kappa shape index (κ1) is 27.2. The van der Waals surface area contributed by atoms with Gasteiger partial charge >= 0.3 is 171 Å². The van der Waals surface area contributed by atoms with Crippen molar-refractivity contribution >= 4 is 82.1 Å². The molecule has 39 heavy (non-hydrogen) atoms. The zero-order chi connectivity index (χ0) is 27.5. The molecule has 2 N–H and O–H groups in total. The van der Waals surface area contributed by atoms with E-state index in [9.17, 15) is 14.7 Å². The summed E-state index contributed by atoms with van der Waals surface area (Å²) >= 11 is 2.03. The minimum absolute atomic E-state index is 0.354. The molecule has 0 aliphatic carbocycles. The van der Waals surface area contributed by atoms with Crippen molar-refractivity contribution < 1.29 is 19.4 Å². The van der Waals surface area contributed by atoms with E-state index in [1.54, 1.807) is 6.92 Å². The number of hydrogen-bond donors (Lipinski definition) is 2. The molecule has 0 radical (unpaired) electrons. The second-order valence-corrected chi connectivity index (χ2v) is 11.8. The van der Waals surface area contributed by atoms with Crippen molar-refractivity contribution in [3.63, 3.8) is 0 Å². The molecule has 6 nitrogen and oxygen atoms in total. The van der Waals surface area contributed by atoms with E-state index in [0.29, 0.717) is 33.7 Å². The maximum atomic E-state index is 12.9. The average Bonchev–Trinajstić information content (AvgIpc) is 3.26. The fraction of sp³-hybridized carbons (Fsp3) is 0.129. The van der Waals surface area contributed by atoms with Crippen molar-refractivity contribution in [2.45, 2.75) is 26.4 Å². The third-order valence-electron chi connectivity index (χ3n) is 6.59. The number of benzene rings is 4. The van der Waals surface area contributed by atoms with E-state index >= 15 is 0 Å². The van der Waals surface area contributed by atoms with Gasteiger partial charge in [-0.15, -0.1) is 0 Å². The van der Waals surface area contributed by atoms with Crippen LogP contribution in [0.3, 0.4) is 0 Å². The maximum Gasteiger partial charge on any atom is -0.0554 e. The molecule has 0 saturated carbocycles. The monoisotopic (exact) mass is 544 g/mol. The number of carboxylic acids is 1. The molecule has 0 bridgehead atoms. The third-order valence-corrected chi connectivity index (χ3v) is 8.11. The molecule has 1 aliphatic rings. The van der Waals surface area contributed by atoms with Gasteiger partial charge in [0.05, 0.1) is 0 Å². The molecule has 0 spiro atoms. The number of rotatable bonds is 7. The Morgan fingerprint density at radius 2 is 1.79 bits per heavy atom. The minimum atomic E-state index is -0.905. The first-order valence-corrected chi connectivity index (χ1v) is 14.4. The number of nitrogens with one attached hydrogen (secondary N) is 1. The van der Waals surface area contributed by atoms with Gasteiger partial charge in [-0.1, -0.05) is 54.1 Å². The number of aliphatic imine (C=N–C) groups is 1. The normalized spacial score (nSPS) is 14.9. The van der Waals surface area contributed by atoms with Crippen molar-refractivity contribution in [2.75, 3.05) is 5.32 Å². The van der Waals surface area contributed by atoms with E-state index in [2.05, 4.69) is 22.4 Å². The Kier molecular flexibility index (Phi) is 8.23. The van der Waals surface area contributed by atoms with E-state index in [4.69, 9.17) is 4.74 Å². The number of nitrogens with zero attached hydrogens (tertiary/aromatic N) is 1. The second-order valence-electron chi connectivity index (χ2n) is 9.62. The average molecular weight is 545 g/mol. The van der Waals surface area contributed by atoms with Crippen LogP contribution in [-0.4, -0.2) is 50.1 Å². The number of aliphatic carboxylic acids is 1. The van der Waals surface area contributed by atoms with E-state index in [1.807, 2.05) is 79.7 Å². The summed E-state index contributed by atoms with van der Waals surface area (Å²) in [5, 5.41) is 15.2. The first-order valence-electron chi connectivity index (χ1n) is 12.6. The summed E-state index contributed by atoms with van der Waals surface area (Å²) in [4.78, 5) is 29.2. The van der Waals surface area contributed by atoms with E-state index in [0.717, 1.165) is 52.6 Å². The predicted molar refractivity (Wildman–Crippen MR) is 159 cm³/mol. The zero-order valence-corrected chi connectivity index (χ0v) is 24.7. The van der Waals surface area contributed by atoms with E-state index in [1.165, 1.54) is 17.3 Å². The van der Waals surface area contributed by atoms with Crippen molar-refractivity contribution in [3.05, 3.63) is 106 Å². The Bertz CT molecular complexity index is 1650. The second kappa shape index (κ2) is 11.8. The number of amides is 1. The molecule has 4 aromatic carbocycles. The first-order chi connectivity index (χ1) is 18.8. The van der Waals surface area contributed by atoms with Crippen molar-refractivity contribution in [1.82, 2.24) is 0 Å². The largest absolute Gasteiger partial charge is 0.0589 e. The van der Waals surface area contributed by atoms with Gasteiger partial charge in [-0.2, -0.15) is 0 Å². The molecule has 1 heterocycles. The molecule has 1 unspecified atom stereocenters. The number of hydrogen-bond acceptors (Lipinski definition) is 5. The van der Waals surface area contributed by atoms with Gasteiger partial charge in [-0.25, -0.2) is 0 Å². The van der Waals surface area contributed by atoms with Crippen molar-refractivity contribution in [2.24, 2.45) is 4.99 Å². The molecule has 8 heteroatoms. The van der Waals surface area contributed by atoms with Gasteiger partial charge in [-0.05, 0) is 17.9 Å². The molecule has 1 amide bonds. The van der Waals surface area contributed by atoms with Gasteiger partial charge in [0.25, 0.3) is 0 Å². The van der Waals surface area contributed by atoms with Crippen molar-refractivity contribution in [3.8, 4) is 5.75 Å². The molecule has 1 aliphatic heterocycles.